The van der Waals surface area contributed by atoms with Crippen molar-refractivity contribution < 1.29 is 9.90 Å². The Bertz CT molecular complexity index is 381. The molecule has 1 N–H and O–H groups in total. The second-order valence-electron chi connectivity index (χ2n) is 4.78. The van der Waals surface area contributed by atoms with Gasteiger partial charge < -0.3 is 5.11 Å². The quantitative estimate of drug-likeness (QED) is 0.804. The SMILES string of the molecule is CCCCC(SCc1cc(C)cc(C)c1)C(=O)O. The van der Waals surface area contributed by atoms with Crippen LogP contribution in [0.4, 0.5) is 0 Å². The Hall–Kier alpha value is -0.960. The monoisotopic (exact) mass is 266 g/mol. The molecule has 0 saturated carbocycles. The Morgan fingerprint density at radius 1 is 1.28 bits per heavy atom. The fraction of sp³-hybridized carbons (Fsp3) is 0.533. The summed E-state index contributed by atoms with van der Waals surface area (Å²) >= 11 is 1.54. The molecule has 1 rings (SSSR count). The molecule has 0 radical (unpaired) electrons. The summed E-state index contributed by atoms with van der Waals surface area (Å²) in [5.74, 6) is 0.0984. The smallest absolute Gasteiger partial charge is 0.316 e. The van der Waals surface area contributed by atoms with E-state index in [-0.39, 0.29) is 5.25 Å². The molecule has 1 unspecified atom stereocenters. The van der Waals surface area contributed by atoms with E-state index in [4.69, 9.17) is 5.11 Å². The van der Waals surface area contributed by atoms with Crippen molar-refractivity contribution in [2.24, 2.45) is 0 Å². The van der Waals surface area contributed by atoms with Crippen LogP contribution in [0.1, 0.15) is 42.9 Å². The fourth-order valence-corrected chi connectivity index (χ4v) is 3.05. The first kappa shape index (κ1) is 15.1. The lowest BCUT2D eigenvalue weighted by Gasteiger charge is -2.12. The van der Waals surface area contributed by atoms with Crippen molar-refractivity contribution in [3.8, 4) is 0 Å². The highest BCUT2D eigenvalue weighted by Crippen LogP contribution is 2.23. The molecule has 0 heterocycles. The van der Waals surface area contributed by atoms with Crippen LogP contribution >= 0.6 is 11.8 Å². The number of unbranched alkanes of at least 4 members (excludes halogenated alkanes) is 1. The Labute approximate surface area is 114 Å². The van der Waals surface area contributed by atoms with Gasteiger partial charge in [0.05, 0.1) is 0 Å². The summed E-state index contributed by atoms with van der Waals surface area (Å²) in [7, 11) is 0. The molecule has 1 aromatic carbocycles. The zero-order valence-corrected chi connectivity index (χ0v) is 12.2. The lowest BCUT2D eigenvalue weighted by molar-refractivity contribution is -0.136. The number of aryl methyl sites for hydroxylation is 2. The highest BCUT2D eigenvalue weighted by molar-refractivity contribution is 7.99. The third-order valence-electron chi connectivity index (χ3n) is 2.83. The predicted octanol–water partition coefficient (Wildman–Crippen LogP) is 4.18. The number of thioether (sulfide) groups is 1. The maximum absolute atomic E-state index is 11.1. The summed E-state index contributed by atoms with van der Waals surface area (Å²) in [4.78, 5) is 11.1. The molecule has 0 bridgehead atoms. The molecule has 0 saturated heterocycles. The average molecular weight is 266 g/mol. The molecule has 0 aromatic heterocycles. The lowest BCUT2D eigenvalue weighted by atomic mass is 10.1. The van der Waals surface area contributed by atoms with Gasteiger partial charge in [-0.25, -0.2) is 0 Å². The van der Waals surface area contributed by atoms with Crippen molar-refractivity contribution in [3.05, 3.63) is 34.9 Å². The zero-order valence-electron chi connectivity index (χ0n) is 11.4. The highest BCUT2D eigenvalue weighted by Gasteiger charge is 2.17. The minimum atomic E-state index is -0.683. The molecule has 0 aliphatic heterocycles. The standard InChI is InChI=1S/C15H22O2S/c1-4-5-6-14(15(16)17)18-10-13-8-11(2)7-12(3)9-13/h7-9,14H,4-6,10H2,1-3H3,(H,16,17). The van der Waals surface area contributed by atoms with Gasteiger partial charge in [-0.3, -0.25) is 4.79 Å². The van der Waals surface area contributed by atoms with Crippen LogP contribution in [-0.2, 0) is 10.5 Å². The van der Waals surface area contributed by atoms with Crippen molar-refractivity contribution in [1.82, 2.24) is 0 Å². The second-order valence-corrected chi connectivity index (χ2v) is 5.97. The number of rotatable bonds is 7. The van der Waals surface area contributed by atoms with Gasteiger partial charge >= 0.3 is 5.97 Å². The van der Waals surface area contributed by atoms with Crippen LogP contribution in [0.5, 0.6) is 0 Å². The molecule has 3 heteroatoms. The normalized spacial score (nSPS) is 12.4. The molecule has 1 atom stereocenters. The number of hydrogen-bond donors (Lipinski definition) is 1. The van der Waals surface area contributed by atoms with E-state index in [1.165, 1.54) is 16.7 Å². The Morgan fingerprint density at radius 2 is 1.89 bits per heavy atom. The second kappa shape index (κ2) is 7.47. The van der Waals surface area contributed by atoms with Crippen LogP contribution in [-0.4, -0.2) is 16.3 Å². The van der Waals surface area contributed by atoms with Crippen LogP contribution in [0, 0.1) is 13.8 Å². The topological polar surface area (TPSA) is 37.3 Å². The van der Waals surface area contributed by atoms with Gasteiger partial charge in [0.25, 0.3) is 0 Å². The summed E-state index contributed by atoms with van der Waals surface area (Å²) in [5.41, 5.74) is 3.71. The Kier molecular flexibility index (Phi) is 6.27. The van der Waals surface area contributed by atoms with Crippen molar-refractivity contribution in [1.29, 1.82) is 0 Å². The maximum atomic E-state index is 11.1. The number of carboxylic acids is 1. The third kappa shape index (κ3) is 5.13. The number of carboxylic acid groups (broad SMARTS) is 1. The molecule has 18 heavy (non-hydrogen) atoms. The minimum absolute atomic E-state index is 0.272. The first-order chi connectivity index (χ1) is 8.52. The average Bonchev–Trinajstić information content (AvgIpc) is 2.27. The Balaban J connectivity index is 2.58. The molecule has 0 fully saturated rings. The molecular weight excluding hydrogens is 244 g/mol. The van der Waals surface area contributed by atoms with Gasteiger partial charge in [0.1, 0.15) is 5.25 Å². The molecule has 2 nitrogen and oxygen atoms in total. The summed E-state index contributed by atoms with van der Waals surface area (Å²) in [6.45, 7) is 6.24. The summed E-state index contributed by atoms with van der Waals surface area (Å²) in [6.07, 6.45) is 2.80. The highest BCUT2D eigenvalue weighted by atomic mass is 32.2. The van der Waals surface area contributed by atoms with E-state index < -0.39 is 5.97 Å². The van der Waals surface area contributed by atoms with Crippen LogP contribution in [0.25, 0.3) is 0 Å². The summed E-state index contributed by atoms with van der Waals surface area (Å²) in [6, 6.07) is 6.41. The van der Waals surface area contributed by atoms with Crippen LogP contribution in [0.2, 0.25) is 0 Å². The van der Waals surface area contributed by atoms with Crippen molar-refractivity contribution >= 4 is 17.7 Å². The van der Waals surface area contributed by atoms with Crippen molar-refractivity contribution in [2.45, 2.75) is 51.0 Å². The molecule has 0 aliphatic carbocycles. The van der Waals surface area contributed by atoms with E-state index >= 15 is 0 Å². The largest absolute Gasteiger partial charge is 0.480 e. The van der Waals surface area contributed by atoms with Gasteiger partial charge in [0.2, 0.25) is 0 Å². The molecule has 0 spiro atoms. The van der Waals surface area contributed by atoms with Gasteiger partial charge in [-0.15, -0.1) is 11.8 Å². The van der Waals surface area contributed by atoms with Crippen LogP contribution < -0.4 is 0 Å². The predicted molar refractivity (Wildman–Crippen MR) is 78.2 cm³/mol. The Morgan fingerprint density at radius 3 is 2.39 bits per heavy atom. The number of benzene rings is 1. The summed E-state index contributed by atoms with van der Waals surface area (Å²) < 4.78 is 0. The van der Waals surface area contributed by atoms with Crippen LogP contribution in [0.3, 0.4) is 0 Å². The molecule has 0 amide bonds. The van der Waals surface area contributed by atoms with Crippen LogP contribution in [0.15, 0.2) is 18.2 Å². The molecule has 100 valence electrons. The lowest BCUT2D eigenvalue weighted by Crippen LogP contribution is -2.16. The van der Waals surface area contributed by atoms with Gasteiger partial charge in [0.15, 0.2) is 0 Å². The van der Waals surface area contributed by atoms with Gasteiger partial charge in [-0.2, -0.15) is 0 Å². The van der Waals surface area contributed by atoms with E-state index in [0.29, 0.717) is 0 Å². The first-order valence-corrected chi connectivity index (χ1v) is 7.49. The number of hydrogen-bond acceptors (Lipinski definition) is 2. The third-order valence-corrected chi connectivity index (χ3v) is 4.17. The minimum Gasteiger partial charge on any atom is -0.480 e. The zero-order chi connectivity index (χ0) is 13.5. The van der Waals surface area contributed by atoms with Gasteiger partial charge in [0, 0.05) is 5.75 Å². The van der Waals surface area contributed by atoms with E-state index in [1.54, 1.807) is 11.8 Å². The van der Waals surface area contributed by atoms with Crippen molar-refractivity contribution in [3.63, 3.8) is 0 Å². The number of carbonyl (C=O) groups is 1. The van der Waals surface area contributed by atoms with Crippen molar-refractivity contribution in [2.75, 3.05) is 0 Å². The van der Waals surface area contributed by atoms with Gasteiger partial charge in [-0.1, -0.05) is 49.1 Å². The fourth-order valence-electron chi connectivity index (χ4n) is 2.02. The van der Waals surface area contributed by atoms with E-state index in [9.17, 15) is 4.79 Å². The van der Waals surface area contributed by atoms with E-state index in [0.717, 1.165) is 25.0 Å². The maximum Gasteiger partial charge on any atom is 0.316 e. The molecule has 1 aromatic rings. The van der Waals surface area contributed by atoms with E-state index in [1.807, 2.05) is 0 Å². The van der Waals surface area contributed by atoms with E-state index in [2.05, 4.69) is 39.0 Å². The summed E-state index contributed by atoms with van der Waals surface area (Å²) in [5, 5.41) is 8.89. The van der Waals surface area contributed by atoms with Gasteiger partial charge in [-0.05, 0) is 25.8 Å². The molecular formula is C15H22O2S. The molecule has 0 aliphatic rings. The number of aliphatic carboxylic acids is 1. The first-order valence-electron chi connectivity index (χ1n) is 6.44.